The Morgan fingerprint density at radius 3 is 1.79 bits per heavy atom. The predicted octanol–water partition coefficient (Wildman–Crippen LogP) is -0.431. The van der Waals surface area contributed by atoms with Gasteiger partial charge in [0.05, 0.1) is 19.4 Å². The lowest BCUT2D eigenvalue weighted by Crippen LogP contribution is -2.56. The summed E-state index contributed by atoms with van der Waals surface area (Å²) in [6.07, 6.45) is -0.621. The van der Waals surface area contributed by atoms with E-state index in [2.05, 4.69) is 5.32 Å². The van der Waals surface area contributed by atoms with Crippen LogP contribution >= 0.6 is 0 Å². The molecule has 0 amide bonds. The second kappa shape index (κ2) is 10.6. The first-order chi connectivity index (χ1) is 11.1. The number of rotatable bonds is 14. The van der Waals surface area contributed by atoms with Crippen LogP contribution in [0.4, 0.5) is 0 Å². The average Bonchev–Trinajstić information content (AvgIpc) is 2.42. The number of nitrogens with two attached hydrogens (primary N) is 1. The standard InChI is InChI=1S/C14H24N2O8/c15-4-2-1-3-9(5-10(17)18)14(6-11(19)20,7-12(21)22)16-8-13(23)24/h9,16H,1-8,15H2,(H,17,18)(H,19,20)(H,21,22)(H,23,24). The van der Waals surface area contributed by atoms with Crippen molar-refractivity contribution in [1.82, 2.24) is 5.32 Å². The molecule has 24 heavy (non-hydrogen) atoms. The van der Waals surface area contributed by atoms with E-state index in [0.29, 0.717) is 19.4 Å². The molecule has 0 fully saturated rings. The van der Waals surface area contributed by atoms with Gasteiger partial charge in [0, 0.05) is 12.0 Å². The summed E-state index contributed by atoms with van der Waals surface area (Å²) in [5.74, 6) is -6.07. The Bertz CT molecular complexity index is 450. The molecule has 1 unspecified atom stereocenters. The number of aliphatic carboxylic acids is 4. The molecular weight excluding hydrogens is 324 g/mol. The maximum atomic E-state index is 11.2. The average molecular weight is 348 g/mol. The molecule has 138 valence electrons. The van der Waals surface area contributed by atoms with Gasteiger partial charge in [-0.2, -0.15) is 0 Å². The Morgan fingerprint density at radius 1 is 0.875 bits per heavy atom. The molecule has 0 aliphatic rings. The van der Waals surface area contributed by atoms with Gasteiger partial charge < -0.3 is 26.2 Å². The van der Waals surface area contributed by atoms with Crippen molar-refractivity contribution in [1.29, 1.82) is 0 Å². The number of hydrogen-bond donors (Lipinski definition) is 6. The van der Waals surface area contributed by atoms with E-state index in [1.165, 1.54) is 0 Å². The van der Waals surface area contributed by atoms with E-state index in [-0.39, 0.29) is 6.42 Å². The summed E-state index contributed by atoms with van der Waals surface area (Å²) in [5.41, 5.74) is 3.71. The first-order valence-corrected chi connectivity index (χ1v) is 7.45. The van der Waals surface area contributed by atoms with E-state index < -0.39 is 61.1 Å². The molecule has 1 atom stereocenters. The van der Waals surface area contributed by atoms with Crippen molar-refractivity contribution in [3.63, 3.8) is 0 Å². The molecule has 0 bridgehead atoms. The van der Waals surface area contributed by atoms with Crippen LogP contribution in [-0.2, 0) is 19.2 Å². The van der Waals surface area contributed by atoms with Gasteiger partial charge in [0.2, 0.25) is 0 Å². The SMILES string of the molecule is NCCCCC(CC(=O)O)C(CC(=O)O)(CC(=O)O)NCC(=O)O. The molecule has 0 saturated heterocycles. The molecule has 7 N–H and O–H groups in total. The maximum Gasteiger partial charge on any atom is 0.317 e. The zero-order valence-electron chi connectivity index (χ0n) is 13.2. The molecule has 10 nitrogen and oxygen atoms in total. The van der Waals surface area contributed by atoms with Crippen molar-refractivity contribution in [3.8, 4) is 0 Å². The molecule has 0 aromatic heterocycles. The highest BCUT2D eigenvalue weighted by molar-refractivity contribution is 5.75. The van der Waals surface area contributed by atoms with Gasteiger partial charge in [-0.05, 0) is 25.3 Å². The monoisotopic (exact) mass is 348 g/mol. The van der Waals surface area contributed by atoms with Gasteiger partial charge in [0.25, 0.3) is 0 Å². The minimum atomic E-state index is -1.68. The topological polar surface area (TPSA) is 187 Å². The zero-order chi connectivity index (χ0) is 18.8. The van der Waals surface area contributed by atoms with Crippen molar-refractivity contribution in [2.75, 3.05) is 13.1 Å². The number of hydrogen-bond acceptors (Lipinski definition) is 6. The minimum absolute atomic E-state index is 0.219. The first-order valence-electron chi connectivity index (χ1n) is 7.45. The molecular formula is C14H24N2O8. The van der Waals surface area contributed by atoms with E-state index in [4.69, 9.17) is 26.2 Å². The van der Waals surface area contributed by atoms with Crippen LogP contribution < -0.4 is 11.1 Å². The Hall–Kier alpha value is -2.20. The van der Waals surface area contributed by atoms with E-state index in [0.717, 1.165) is 0 Å². The van der Waals surface area contributed by atoms with Crippen molar-refractivity contribution in [2.45, 2.75) is 44.1 Å². The third-order valence-corrected chi connectivity index (χ3v) is 3.73. The summed E-state index contributed by atoms with van der Waals surface area (Å²) in [5, 5.41) is 38.7. The van der Waals surface area contributed by atoms with E-state index >= 15 is 0 Å². The highest BCUT2D eigenvalue weighted by Crippen LogP contribution is 2.33. The highest BCUT2D eigenvalue weighted by atomic mass is 16.4. The second-order valence-corrected chi connectivity index (χ2v) is 5.62. The Kier molecular flexibility index (Phi) is 9.58. The Balaban J connectivity index is 5.67. The van der Waals surface area contributed by atoms with Gasteiger partial charge >= 0.3 is 23.9 Å². The normalized spacial score (nSPS) is 12.5. The van der Waals surface area contributed by atoms with Crippen molar-refractivity contribution in [2.24, 2.45) is 11.7 Å². The van der Waals surface area contributed by atoms with Crippen LogP contribution in [-0.4, -0.2) is 62.9 Å². The van der Waals surface area contributed by atoms with Gasteiger partial charge in [-0.3, -0.25) is 24.5 Å². The van der Waals surface area contributed by atoms with Crippen LogP contribution in [0.2, 0.25) is 0 Å². The van der Waals surface area contributed by atoms with Crippen molar-refractivity contribution >= 4 is 23.9 Å². The molecule has 0 aliphatic carbocycles. The fourth-order valence-corrected chi connectivity index (χ4v) is 2.73. The first kappa shape index (κ1) is 21.8. The van der Waals surface area contributed by atoms with Gasteiger partial charge in [0.15, 0.2) is 0 Å². The molecule has 0 heterocycles. The van der Waals surface area contributed by atoms with Gasteiger partial charge in [-0.25, -0.2) is 0 Å². The van der Waals surface area contributed by atoms with E-state index in [1.54, 1.807) is 0 Å². The van der Waals surface area contributed by atoms with E-state index in [1.807, 2.05) is 0 Å². The lowest BCUT2D eigenvalue weighted by atomic mass is 9.74. The minimum Gasteiger partial charge on any atom is -0.481 e. The maximum absolute atomic E-state index is 11.2. The van der Waals surface area contributed by atoms with Crippen LogP contribution in [0.25, 0.3) is 0 Å². The summed E-state index contributed by atoms with van der Waals surface area (Å²) in [6.45, 7) is -0.319. The fourth-order valence-electron chi connectivity index (χ4n) is 2.73. The van der Waals surface area contributed by atoms with Crippen molar-refractivity contribution in [3.05, 3.63) is 0 Å². The number of nitrogens with one attached hydrogen (secondary N) is 1. The predicted molar refractivity (Wildman–Crippen MR) is 81.5 cm³/mol. The van der Waals surface area contributed by atoms with Crippen LogP contribution in [0, 0.1) is 5.92 Å². The number of carboxylic acid groups (broad SMARTS) is 4. The second-order valence-electron chi connectivity index (χ2n) is 5.62. The summed E-state index contributed by atoms with van der Waals surface area (Å²) >= 11 is 0. The lowest BCUT2D eigenvalue weighted by Gasteiger charge is -2.39. The Morgan fingerprint density at radius 2 is 1.42 bits per heavy atom. The molecule has 0 saturated carbocycles. The third kappa shape index (κ3) is 8.44. The van der Waals surface area contributed by atoms with Gasteiger partial charge in [-0.1, -0.05) is 6.42 Å². The van der Waals surface area contributed by atoms with Crippen LogP contribution in [0.1, 0.15) is 38.5 Å². The van der Waals surface area contributed by atoms with Crippen LogP contribution in [0.15, 0.2) is 0 Å². The molecule has 0 rings (SSSR count). The smallest absolute Gasteiger partial charge is 0.317 e. The quantitative estimate of drug-likeness (QED) is 0.225. The van der Waals surface area contributed by atoms with Gasteiger partial charge in [0.1, 0.15) is 0 Å². The number of carboxylic acids is 4. The lowest BCUT2D eigenvalue weighted by molar-refractivity contribution is -0.148. The van der Waals surface area contributed by atoms with E-state index in [9.17, 15) is 19.2 Å². The third-order valence-electron chi connectivity index (χ3n) is 3.73. The number of carbonyl (C=O) groups is 4. The molecule has 0 aromatic rings. The molecule has 0 aliphatic heterocycles. The summed E-state index contributed by atoms with van der Waals surface area (Å²) in [7, 11) is 0. The molecule has 0 aromatic carbocycles. The highest BCUT2D eigenvalue weighted by Gasteiger charge is 2.43. The molecule has 0 spiro atoms. The molecule has 0 radical (unpaired) electrons. The fraction of sp³-hybridized carbons (Fsp3) is 0.714. The number of unbranched alkanes of at least 4 members (excludes halogenated alkanes) is 1. The van der Waals surface area contributed by atoms with Crippen LogP contribution in [0.5, 0.6) is 0 Å². The summed E-state index contributed by atoms with van der Waals surface area (Å²) in [6, 6.07) is 0. The summed E-state index contributed by atoms with van der Waals surface area (Å²) in [4.78, 5) is 44.4. The Labute approximate surface area is 138 Å². The largest absolute Gasteiger partial charge is 0.481 e. The van der Waals surface area contributed by atoms with Gasteiger partial charge in [-0.15, -0.1) is 0 Å². The van der Waals surface area contributed by atoms with Crippen LogP contribution in [0.3, 0.4) is 0 Å². The summed E-state index contributed by atoms with van der Waals surface area (Å²) < 4.78 is 0. The molecule has 10 heteroatoms. The van der Waals surface area contributed by atoms with Crippen molar-refractivity contribution < 1.29 is 39.6 Å². The zero-order valence-corrected chi connectivity index (χ0v) is 13.2.